The first-order valence-electron chi connectivity index (χ1n) is 8.74. The summed E-state index contributed by atoms with van der Waals surface area (Å²) in [4.78, 5) is 13.6. The highest BCUT2D eigenvalue weighted by Crippen LogP contribution is 2.27. The van der Waals surface area contributed by atoms with Crippen molar-refractivity contribution < 1.29 is 31.5 Å². The summed E-state index contributed by atoms with van der Waals surface area (Å²) in [5.74, 6) is -1.31. The summed E-state index contributed by atoms with van der Waals surface area (Å²) in [6, 6.07) is 7.07. The van der Waals surface area contributed by atoms with Crippen molar-refractivity contribution in [2.75, 3.05) is 40.4 Å². The van der Waals surface area contributed by atoms with Gasteiger partial charge >= 0.3 is 0 Å². The molecule has 2 aromatic carbocycles. The van der Waals surface area contributed by atoms with E-state index in [0.717, 1.165) is 16.4 Å². The Bertz CT molecular complexity index is 1020. The number of sulfonamides is 1. The number of hydrogen-bond donors (Lipinski definition) is 0. The number of benzene rings is 2. The lowest BCUT2D eigenvalue weighted by Gasteiger charge is -2.34. The summed E-state index contributed by atoms with van der Waals surface area (Å²) >= 11 is 0. The van der Waals surface area contributed by atoms with Gasteiger partial charge in [-0.1, -0.05) is 0 Å². The fourth-order valence-corrected chi connectivity index (χ4v) is 4.59. The molecule has 29 heavy (non-hydrogen) atoms. The van der Waals surface area contributed by atoms with E-state index in [0.29, 0.717) is 23.1 Å². The van der Waals surface area contributed by atoms with E-state index in [4.69, 9.17) is 9.47 Å². The Morgan fingerprint density at radius 1 is 0.966 bits per heavy atom. The van der Waals surface area contributed by atoms with Crippen molar-refractivity contribution in [1.82, 2.24) is 9.21 Å². The van der Waals surface area contributed by atoms with Crippen LogP contribution in [0.1, 0.15) is 10.4 Å². The van der Waals surface area contributed by atoms with Crippen LogP contribution in [0.15, 0.2) is 41.3 Å². The number of methoxy groups -OCH3 is 2. The van der Waals surface area contributed by atoms with E-state index in [-0.39, 0.29) is 32.1 Å². The summed E-state index contributed by atoms with van der Waals surface area (Å²) in [5.41, 5.74) is 0.320. The summed E-state index contributed by atoms with van der Waals surface area (Å²) < 4.78 is 64.1. The molecule has 0 aliphatic carbocycles. The standard InChI is InChI=1S/C19H20F2N2O5S/c1-27-14-4-5-15(17(12-14)28-2)19(24)22-7-9-23(10-8-22)29(25,26)18-11-13(20)3-6-16(18)21/h3-6,11-12H,7-10H2,1-2H3. The van der Waals surface area contributed by atoms with Crippen LogP contribution in [0.25, 0.3) is 0 Å². The first-order chi connectivity index (χ1) is 13.8. The van der Waals surface area contributed by atoms with Gasteiger partial charge in [0.1, 0.15) is 28.0 Å². The monoisotopic (exact) mass is 426 g/mol. The molecule has 0 saturated carbocycles. The molecule has 1 amide bonds. The normalized spacial score (nSPS) is 15.2. The molecule has 0 N–H and O–H groups in total. The van der Waals surface area contributed by atoms with Crippen LogP contribution in [0, 0.1) is 11.6 Å². The van der Waals surface area contributed by atoms with Gasteiger partial charge in [0.2, 0.25) is 10.0 Å². The molecule has 0 radical (unpaired) electrons. The number of ether oxygens (including phenoxy) is 2. The third kappa shape index (κ3) is 4.18. The van der Waals surface area contributed by atoms with Gasteiger partial charge in [-0.05, 0) is 30.3 Å². The van der Waals surface area contributed by atoms with Crippen LogP contribution in [0.2, 0.25) is 0 Å². The number of amides is 1. The highest BCUT2D eigenvalue weighted by Gasteiger charge is 2.33. The van der Waals surface area contributed by atoms with Crippen LogP contribution in [0.3, 0.4) is 0 Å². The van der Waals surface area contributed by atoms with E-state index in [1.165, 1.54) is 19.1 Å². The van der Waals surface area contributed by atoms with E-state index in [9.17, 15) is 22.0 Å². The fourth-order valence-electron chi connectivity index (χ4n) is 3.09. The molecule has 0 aromatic heterocycles. The molecule has 0 unspecified atom stereocenters. The molecule has 0 spiro atoms. The largest absolute Gasteiger partial charge is 0.497 e. The Morgan fingerprint density at radius 3 is 2.28 bits per heavy atom. The molecule has 1 aliphatic heterocycles. The van der Waals surface area contributed by atoms with Gasteiger partial charge in [0, 0.05) is 32.2 Å². The zero-order valence-electron chi connectivity index (χ0n) is 15.9. The maximum Gasteiger partial charge on any atom is 0.257 e. The van der Waals surface area contributed by atoms with Crippen molar-refractivity contribution in [2.24, 2.45) is 0 Å². The number of halogens is 2. The summed E-state index contributed by atoms with van der Waals surface area (Å²) in [5, 5.41) is 0. The van der Waals surface area contributed by atoms with Crippen molar-refractivity contribution in [3.05, 3.63) is 53.6 Å². The predicted molar refractivity (Wildman–Crippen MR) is 101 cm³/mol. The maximum atomic E-state index is 13.9. The number of nitrogens with zero attached hydrogens (tertiary/aromatic N) is 2. The highest BCUT2D eigenvalue weighted by atomic mass is 32.2. The van der Waals surface area contributed by atoms with E-state index in [1.54, 1.807) is 18.2 Å². The molecular formula is C19H20F2N2O5S. The van der Waals surface area contributed by atoms with E-state index in [1.807, 2.05) is 0 Å². The van der Waals surface area contributed by atoms with Crippen molar-refractivity contribution in [2.45, 2.75) is 4.90 Å². The average molecular weight is 426 g/mol. The second-order valence-corrected chi connectivity index (χ2v) is 8.24. The second kappa shape index (κ2) is 8.34. The lowest BCUT2D eigenvalue weighted by atomic mass is 10.1. The summed E-state index contributed by atoms with van der Waals surface area (Å²) in [7, 11) is -1.28. The lowest BCUT2D eigenvalue weighted by Crippen LogP contribution is -2.50. The SMILES string of the molecule is COc1ccc(C(=O)N2CCN(S(=O)(=O)c3cc(F)ccc3F)CC2)c(OC)c1. The quantitative estimate of drug-likeness (QED) is 0.732. The van der Waals surface area contributed by atoms with Crippen LogP contribution in [0.5, 0.6) is 11.5 Å². The van der Waals surface area contributed by atoms with Gasteiger partial charge in [0.05, 0.1) is 19.8 Å². The van der Waals surface area contributed by atoms with Crippen LogP contribution in [-0.2, 0) is 10.0 Å². The minimum atomic E-state index is -4.21. The van der Waals surface area contributed by atoms with Crippen LogP contribution >= 0.6 is 0 Å². The first-order valence-corrected chi connectivity index (χ1v) is 10.2. The molecular weight excluding hydrogens is 406 g/mol. The number of rotatable bonds is 5. The number of hydrogen-bond acceptors (Lipinski definition) is 5. The van der Waals surface area contributed by atoms with Gasteiger partial charge in [0.15, 0.2) is 0 Å². The zero-order valence-corrected chi connectivity index (χ0v) is 16.7. The van der Waals surface area contributed by atoms with Crippen LogP contribution in [-0.4, -0.2) is 63.9 Å². The molecule has 1 fully saturated rings. The molecule has 0 bridgehead atoms. The number of carbonyl (C=O) groups is 1. The Kier molecular flexibility index (Phi) is 6.04. The predicted octanol–water partition coefficient (Wildman–Crippen LogP) is 2.13. The van der Waals surface area contributed by atoms with Crippen molar-refractivity contribution in [3.8, 4) is 11.5 Å². The fraction of sp³-hybridized carbons (Fsp3) is 0.316. The van der Waals surface area contributed by atoms with Crippen molar-refractivity contribution in [3.63, 3.8) is 0 Å². The second-order valence-electron chi connectivity index (χ2n) is 6.34. The molecule has 3 rings (SSSR count). The van der Waals surface area contributed by atoms with Gasteiger partial charge in [-0.25, -0.2) is 17.2 Å². The summed E-state index contributed by atoms with van der Waals surface area (Å²) in [6.45, 7) is 0.124. The minimum absolute atomic E-state index is 0.0392. The van der Waals surface area contributed by atoms with Crippen molar-refractivity contribution >= 4 is 15.9 Å². The van der Waals surface area contributed by atoms with Gasteiger partial charge in [0.25, 0.3) is 5.91 Å². The highest BCUT2D eigenvalue weighted by molar-refractivity contribution is 7.89. The van der Waals surface area contributed by atoms with Gasteiger partial charge < -0.3 is 14.4 Å². The number of carbonyl (C=O) groups excluding carboxylic acids is 1. The van der Waals surface area contributed by atoms with E-state index in [2.05, 4.69) is 0 Å². The molecule has 7 nitrogen and oxygen atoms in total. The Labute approximate surface area is 167 Å². The molecule has 2 aromatic rings. The molecule has 10 heteroatoms. The number of piperazine rings is 1. The lowest BCUT2D eigenvalue weighted by molar-refractivity contribution is 0.0694. The van der Waals surface area contributed by atoms with Gasteiger partial charge in [-0.3, -0.25) is 4.79 Å². The molecule has 156 valence electrons. The molecule has 1 heterocycles. The van der Waals surface area contributed by atoms with E-state index < -0.39 is 26.6 Å². The van der Waals surface area contributed by atoms with Crippen LogP contribution < -0.4 is 9.47 Å². The first kappa shape index (κ1) is 21.0. The molecule has 1 saturated heterocycles. The average Bonchev–Trinajstić information content (AvgIpc) is 2.74. The molecule has 1 aliphatic rings. The molecule has 0 atom stereocenters. The minimum Gasteiger partial charge on any atom is -0.497 e. The van der Waals surface area contributed by atoms with Crippen LogP contribution in [0.4, 0.5) is 8.78 Å². The summed E-state index contributed by atoms with van der Waals surface area (Å²) in [6.07, 6.45) is 0. The zero-order chi connectivity index (χ0) is 21.2. The third-order valence-corrected chi connectivity index (χ3v) is 6.59. The smallest absolute Gasteiger partial charge is 0.257 e. The Hall–Kier alpha value is -2.72. The Balaban J connectivity index is 1.75. The van der Waals surface area contributed by atoms with Crippen molar-refractivity contribution in [1.29, 1.82) is 0 Å². The van der Waals surface area contributed by atoms with Gasteiger partial charge in [-0.2, -0.15) is 4.31 Å². The maximum absolute atomic E-state index is 13.9. The van der Waals surface area contributed by atoms with Gasteiger partial charge in [-0.15, -0.1) is 0 Å². The third-order valence-electron chi connectivity index (χ3n) is 4.68. The Morgan fingerprint density at radius 2 is 1.66 bits per heavy atom. The van der Waals surface area contributed by atoms with E-state index >= 15 is 0 Å². The topological polar surface area (TPSA) is 76.2 Å².